The number of rotatable bonds is 4. The van der Waals surface area contributed by atoms with Gasteiger partial charge in [0.2, 0.25) is 0 Å². The zero-order valence-electron chi connectivity index (χ0n) is 14.3. The Bertz CT molecular complexity index is 683. The molecule has 2 aliphatic heterocycles. The molecule has 0 atom stereocenters. The Morgan fingerprint density at radius 3 is 1.72 bits per heavy atom. The first-order valence-electron chi connectivity index (χ1n) is 8.83. The topological polar surface area (TPSA) is 36.0 Å². The summed E-state index contributed by atoms with van der Waals surface area (Å²) in [6.07, 6.45) is 0.570. The number of morpholine rings is 1. The van der Waals surface area contributed by atoms with Crippen LogP contribution in [-0.4, -0.2) is 50.6 Å². The molecule has 2 aromatic rings. The first-order valence-corrected chi connectivity index (χ1v) is 10.6. The van der Waals surface area contributed by atoms with Crippen LogP contribution in [0.1, 0.15) is 0 Å². The van der Waals surface area contributed by atoms with Crippen LogP contribution in [0.3, 0.4) is 0 Å². The third kappa shape index (κ3) is 3.32. The number of hydrogen-bond acceptors (Lipinski definition) is 3. The van der Waals surface area contributed by atoms with Crippen LogP contribution in [0.5, 0.6) is 0 Å². The molecule has 0 aliphatic carbocycles. The van der Waals surface area contributed by atoms with Gasteiger partial charge in [-0.05, 0) is 24.3 Å². The van der Waals surface area contributed by atoms with Crippen LogP contribution in [0.15, 0.2) is 60.7 Å². The van der Waals surface area contributed by atoms with E-state index in [1.165, 1.54) is 0 Å². The second-order valence-corrected chi connectivity index (χ2v) is 9.03. The zero-order chi connectivity index (χ0) is 17.1. The molecule has 25 heavy (non-hydrogen) atoms. The molecule has 0 radical (unpaired) electrons. The maximum atomic E-state index is 14.3. The van der Waals surface area contributed by atoms with Gasteiger partial charge in [0.1, 0.15) is 0 Å². The molecule has 0 N–H and O–H groups in total. The normalized spacial score (nSPS) is 20.8. The maximum Gasteiger partial charge on any atom is 0.276 e. The molecule has 2 aliphatic rings. The highest BCUT2D eigenvalue weighted by atomic mass is 31.2. The van der Waals surface area contributed by atoms with Gasteiger partial charge in [-0.2, -0.15) is 0 Å². The summed E-state index contributed by atoms with van der Waals surface area (Å²) in [4.78, 5) is 2.28. The number of ether oxygens (including phenoxy) is 1. The number of nitrogens with zero attached hydrogens (tertiary/aromatic N) is 3. The number of hydrogen-bond donors (Lipinski definition) is 0. The van der Waals surface area contributed by atoms with Gasteiger partial charge >= 0.3 is 0 Å². The fourth-order valence-corrected chi connectivity index (χ4v) is 6.77. The fourth-order valence-electron chi connectivity index (χ4n) is 3.61. The van der Waals surface area contributed by atoms with Gasteiger partial charge in [0.15, 0.2) is 0 Å². The monoisotopic (exact) mass is 357 g/mol. The lowest BCUT2D eigenvalue weighted by atomic mass is 10.3. The van der Waals surface area contributed by atoms with E-state index in [2.05, 4.69) is 38.5 Å². The molecule has 0 aromatic heterocycles. The predicted molar refractivity (Wildman–Crippen MR) is 102 cm³/mol. The molecule has 0 spiro atoms. The minimum atomic E-state index is -2.77. The number of anilines is 2. The van der Waals surface area contributed by atoms with E-state index >= 15 is 0 Å². The van der Waals surface area contributed by atoms with Gasteiger partial charge in [-0.15, -0.1) is 0 Å². The molecule has 2 heterocycles. The summed E-state index contributed by atoms with van der Waals surface area (Å²) >= 11 is 0. The molecule has 6 heteroatoms. The Labute approximate surface area is 149 Å². The molecule has 0 unspecified atom stereocenters. The summed E-state index contributed by atoms with van der Waals surface area (Å²) in [5.74, 6) is 0. The zero-order valence-corrected chi connectivity index (χ0v) is 15.2. The van der Waals surface area contributed by atoms with Crippen molar-refractivity contribution in [1.29, 1.82) is 0 Å². The van der Waals surface area contributed by atoms with Crippen LogP contribution >= 0.6 is 7.44 Å². The van der Waals surface area contributed by atoms with Crippen LogP contribution in [0.4, 0.5) is 11.4 Å². The maximum absolute atomic E-state index is 14.3. The van der Waals surface area contributed by atoms with Gasteiger partial charge in [0.05, 0.1) is 19.5 Å². The van der Waals surface area contributed by atoms with E-state index in [1.54, 1.807) is 0 Å². The third-order valence-electron chi connectivity index (χ3n) is 4.87. The average molecular weight is 357 g/mol. The van der Waals surface area contributed by atoms with Gasteiger partial charge in [0.25, 0.3) is 7.44 Å². The van der Waals surface area contributed by atoms with Crippen molar-refractivity contribution in [3.05, 3.63) is 60.7 Å². The second-order valence-electron chi connectivity index (χ2n) is 6.45. The summed E-state index contributed by atoms with van der Waals surface area (Å²) in [5, 5.41) is 0. The number of para-hydroxylation sites is 2. The standard InChI is InChI=1S/C19H24N3O2P/c23-25(17-20-13-15-24-16-14-20)21(18-7-3-1-4-8-18)11-12-22(25)19-9-5-2-6-10-19/h1-10H,11-17H2. The molecule has 132 valence electrons. The van der Waals surface area contributed by atoms with E-state index in [9.17, 15) is 4.57 Å². The fraction of sp³-hybridized carbons (Fsp3) is 0.368. The van der Waals surface area contributed by atoms with Gasteiger partial charge in [0, 0.05) is 37.6 Å². The van der Waals surface area contributed by atoms with Crippen molar-refractivity contribution in [2.75, 3.05) is 55.0 Å². The van der Waals surface area contributed by atoms with Crippen molar-refractivity contribution in [1.82, 2.24) is 4.90 Å². The van der Waals surface area contributed by atoms with E-state index < -0.39 is 7.44 Å². The Morgan fingerprint density at radius 1 is 0.760 bits per heavy atom. The molecule has 0 amide bonds. The lowest BCUT2D eigenvalue weighted by Gasteiger charge is -2.37. The van der Waals surface area contributed by atoms with E-state index in [1.807, 2.05) is 36.4 Å². The van der Waals surface area contributed by atoms with Crippen LogP contribution in [-0.2, 0) is 9.30 Å². The predicted octanol–water partition coefficient (Wildman–Crippen LogP) is 3.50. The van der Waals surface area contributed by atoms with Crippen molar-refractivity contribution in [2.45, 2.75) is 0 Å². The Morgan fingerprint density at radius 2 is 1.24 bits per heavy atom. The van der Waals surface area contributed by atoms with Crippen molar-refractivity contribution < 1.29 is 9.30 Å². The SMILES string of the molecule is O=P1(CN2CCOCC2)N(c2ccccc2)CCN1c1ccccc1. The quantitative estimate of drug-likeness (QED) is 0.783. The van der Waals surface area contributed by atoms with E-state index in [4.69, 9.17) is 4.74 Å². The van der Waals surface area contributed by atoms with Gasteiger partial charge in [-0.25, -0.2) is 0 Å². The van der Waals surface area contributed by atoms with Gasteiger partial charge < -0.3 is 14.1 Å². The molecular weight excluding hydrogens is 333 g/mol. The van der Waals surface area contributed by atoms with Crippen molar-refractivity contribution >= 4 is 18.8 Å². The minimum absolute atomic E-state index is 0.570. The van der Waals surface area contributed by atoms with E-state index in [0.717, 1.165) is 50.8 Å². The Balaban J connectivity index is 1.69. The van der Waals surface area contributed by atoms with Crippen molar-refractivity contribution in [2.24, 2.45) is 0 Å². The van der Waals surface area contributed by atoms with Crippen molar-refractivity contribution in [3.63, 3.8) is 0 Å². The lowest BCUT2D eigenvalue weighted by molar-refractivity contribution is 0.0462. The Kier molecular flexibility index (Phi) is 4.80. The highest BCUT2D eigenvalue weighted by Crippen LogP contribution is 2.60. The summed E-state index contributed by atoms with van der Waals surface area (Å²) in [7, 11) is -2.77. The molecular formula is C19H24N3O2P. The highest BCUT2D eigenvalue weighted by Gasteiger charge is 2.44. The second kappa shape index (κ2) is 7.20. The average Bonchev–Trinajstić information content (AvgIpc) is 3.00. The summed E-state index contributed by atoms with van der Waals surface area (Å²) in [6.45, 7) is 4.68. The first-order chi connectivity index (χ1) is 12.3. The van der Waals surface area contributed by atoms with Crippen LogP contribution < -0.4 is 9.34 Å². The van der Waals surface area contributed by atoms with Crippen LogP contribution in [0.25, 0.3) is 0 Å². The number of benzene rings is 2. The summed E-state index contributed by atoms with van der Waals surface area (Å²) < 4.78 is 24.0. The molecule has 0 saturated carbocycles. The van der Waals surface area contributed by atoms with E-state index in [0.29, 0.717) is 6.29 Å². The minimum Gasteiger partial charge on any atom is -0.379 e. The van der Waals surface area contributed by atoms with Crippen LogP contribution in [0, 0.1) is 0 Å². The highest BCUT2D eigenvalue weighted by molar-refractivity contribution is 7.67. The molecule has 5 nitrogen and oxygen atoms in total. The smallest absolute Gasteiger partial charge is 0.276 e. The summed E-state index contributed by atoms with van der Waals surface area (Å²) in [5.41, 5.74) is 2.08. The first kappa shape index (κ1) is 16.6. The molecule has 2 aromatic carbocycles. The van der Waals surface area contributed by atoms with Gasteiger partial charge in [-0.3, -0.25) is 9.46 Å². The van der Waals surface area contributed by atoms with E-state index in [-0.39, 0.29) is 0 Å². The molecule has 0 bridgehead atoms. The molecule has 2 saturated heterocycles. The van der Waals surface area contributed by atoms with Gasteiger partial charge in [-0.1, -0.05) is 36.4 Å². The molecule has 2 fully saturated rings. The van der Waals surface area contributed by atoms with Crippen molar-refractivity contribution in [3.8, 4) is 0 Å². The Hall–Kier alpha value is -1.81. The lowest BCUT2D eigenvalue weighted by Crippen LogP contribution is -2.39. The molecule has 4 rings (SSSR count). The van der Waals surface area contributed by atoms with Crippen LogP contribution in [0.2, 0.25) is 0 Å². The summed E-state index contributed by atoms with van der Waals surface area (Å²) in [6, 6.07) is 20.3. The third-order valence-corrected chi connectivity index (χ3v) is 8.01. The largest absolute Gasteiger partial charge is 0.379 e.